The molecular weight excluding hydrogens is 360 g/mol. The van der Waals surface area contributed by atoms with Crippen LogP contribution in [0.2, 0.25) is 0 Å². The fraction of sp³-hybridized carbons (Fsp3) is 0.190. The summed E-state index contributed by atoms with van der Waals surface area (Å²) in [7, 11) is 2.96. The molecule has 7 nitrogen and oxygen atoms in total. The Morgan fingerprint density at radius 2 is 1.64 bits per heavy atom. The number of para-hydroxylation sites is 1. The van der Waals surface area contributed by atoms with Crippen molar-refractivity contribution >= 4 is 29.6 Å². The summed E-state index contributed by atoms with van der Waals surface area (Å²) in [5.41, 5.74) is 2.50. The molecule has 2 aromatic carbocycles. The van der Waals surface area contributed by atoms with E-state index in [4.69, 9.17) is 9.47 Å². The van der Waals surface area contributed by atoms with E-state index in [1.165, 1.54) is 20.3 Å². The van der Waals surface area contributed by atoms with Gasteiger partial charge in [0, 0.05) is 5.56 Å². The van der Waals surface area contributed by atoms with Gasteiger partial charge in [-0.3, -0.25) is 14.9 Å². The predicted molar refractivity (Wildman–Crippen MR) is 104 cm³/mol. The minimum absolute atomic E-state index is 0.176. The number of nitrogens with one attached hydrogen (secondary N) is 1. The van der Waals surface area contributed by atoms with Gasteiger partial charge < -0.3 is 9.47 Å². The lowest BCUT2D eigenvalue weighted by Gasteiger charge is -2.27. The quantitative estimate of drug-likeness (QED) is 0.651. The lowest BCUT2D eigenvalue weighted by Crippen LogP contribution is -2.54. The highest BCUT2D eigenvalue weighted by atomic mass is 16.5. The van der Waals surface area contributed by atoms with Crippen LogP contribution in [0.1, 0.15) is 16.7 Å². The number of carbonyl (C=O) groups excluding carboxylic acids is 3. The van der Waals surface area contributed by atoms with Crippen molar-refractivity contribution in [1.29, 1.82) is 0 Å². The van der Waals surface area contributed by atoms with Crippen LogP contribution in [-0.2, 0) is 9.59 Å². The zero-order valence-corrected chi connectivity index (χ0v) is 16.0. The standard InChI is InChI=1S/C21H20N2O5/c1-12-8-13(2)10-15(9-12)23-20(25)16(19(24)22-21(23)26)11-14-6-5-7-17(27-3)18(14)28-4/h5-11H,1-4H3,(H,22,24,26)/b16-11+. The molecule has 1 aliphatic rings. The number of carbonyl (C=O) groups is 3. The van der Waals surface area contributed by atoms with E-state index in [-0.39, 0.29) is 5.57 Å². The Labute approximate surface area is 162 Å². The van der Waals surface area contributed by atoms with Gasteiger partial charge in [0.1, 0.15) is 5.57 Å². The van der Waals surface area contributed by atoms with E-state index in [1.807, 2.05) is 19.9 Å². The van der Waals surface area contributed by atoms with Crippen LogP contribution in [-0.4, -0.2) is 32.1 Å². The van der Waals surface area contributed by atoms with Crippen molar-refractivity contribution in [2.24, 2.45) is 0 Å². The molecule has 1 saturated heterocycles. The molecule has 0 aliphatic carbocycles. The lowest BCUT2D eigenvalue weighted by atomic mass is 10.0. The van der Waals surface area contributed by atoms with Crippen LogP contribution in [0.3, 0.4) is 0 Å². The first-order valence-corrected chi connectivity index (χ1v) is 8.56. The number of methoxy groups -OCH3 is 2. The Hall–Kier alpha value is -3.61. The number of hydrogen-bond donors (Lipinski definition) is 1. The van der Waals surface area contributed by atoms with Gasteiger partial charge in [0.15, 0.2) is 11.5 Å². The molecule has 0 radical (unpaired) electrons. The number of rotatable bonds is 4. The SMILES string of the molecule is COc1cccc(/C=C2\C(=O)NC(=O)N(c3cc(C)cc(C)c3)C2=O)c1OC. The van der Waals surface area contributed by atoms with Gasteiger partial charge in [-0.1, -0.05) is 18.2 Å². The summed E-state index contributed by atoms with van der Waals surface area (Å²) in [6.07, 6.45) is 1.39. The molecule has 0 aromatic heterocycles. The molecule has 0 spiro atoms. The molecular formula is C21H20N2O5. The third-order valence-corrected chi connectivity index (χ3v) is 4.30. The van der Waals surface area contributed by atoms with Gasteiger partial charge in [0.25, 0.3) is 11.8 Å². The van der Waals surface area contributed by atoms with E-state index in [1.54, 1.807) is 30.3 Å². The zero-order chi connectivity index (χ0) is 20.4. The first-order chi connectivity index (χ1) is 13.3. The van der Waals surface area contributed by atoms with E-state index in [9.17, 15) is 14.4 Å². The Morgan fingerprint density at radius 3 is 2.25 bits per heavy atom. The first kappa shape index (κ1) is 19.2. The van der Waals surface area contributed by atoms with E-state index in [0.29, 0.717) is 22.7 Å². The fourth-order valence-electron chi connectivity index (χ4n) is 3.15. The molecule has 4 amide bonds. The van der Waals surface area contributed by atoms with Crippen molar-refractivity contribution in [3.05, 3.63) is 58.7 Å². The number of aryl methyl sites for hydroxylation is 2. The van der Waals surface area contributed by atoms with Crippen LogP contribution < -0.4 is 19.7 Å². The second-order valence-electron chi connectivity index (χ2n) is 6.39. The van der Waals surface area contributed by atoms with Crippen LogP contribution >= 0.6 is 0 Å². The number of ether oxygens (including phenoxy) is 2. The number of urea groups is 1. The average Bonchev–Trinajstić information content (AvgIpc) is 2.63. The second kappa shape index (κ2) is 7.56. The molecule has 0 atom stereocenters. The molecule has 7 heteroatoms. The average molecular weight is 380 g/mol. The summed E-state index contributed by atoms with van der Waals surface area (Å²) in [6, 6.07) is 9.68. The molecule has 1 aliphatic heterocycles. The topological polar surface area (TPSA) is 84.9 Å². The lowest BCUT2D eigenvalue weighted by molar-refractivity contribution is -0.122. The molecule has 1 heterocycles. The maximum atomic E-state index is 13.0. The van der Waals surface area contributed by atoms with Crippen LogP contribution in [0, 0.1) is 13.8 Å². The van der Waals surface area contributed by atoms with Gasteiger partial charge >= 0.3 is 6.03 Å². The minimum atomic E-state index is -0.783. The number of nitrogens with zero attached hydrogens (tertiary/aromatic N) is 1. The molecule has 0 bridgehead atoms. The van der Waals surface area contributed by atoms with Gasteiger partial charge in [-0.2, -0.15) is 0 Å². The van der Waals surface area contributed by atoms with E-state index < -0.39 is 17.8 Å². The number of barbiturate groups is 1. The number of imide groups is 2. The summed E-state index contributed by atoms with van der Waals surface area (Å²) in [4.78, 5) is 38.7. The highest BCUT2D eigenvalue weighted by molar-refractivity contribution is 6.39. The van der Waals surface area contributed by atoms with Crippen molar-refractivity contribution < 1.29 is 23.9 Å². The highest BCUT2D eigenvalue weighted by Gasteiger charge is 2.37. The number of benzene rings is 2. The smallest absolute Gasteiger partial charge is 0.335 e. The Kier molecular flexibility index (Phi) is 5.17. The fourth-order valence-corrected chi connectivity index (χ4v) is 3.15. The molecule has 1 N–H and O–H groups in total. The third-order valence-electron chi connectivity index (χ3n) is 4.30. The predicted octanol–water partition coefficient (Wildman–Crippen LogP) is 2.99. The molecule has 3 rings (SSSR count). The Morgan fingerprint density at radius 1 is 0.964 bits per heavy atom. The van der Waals surface area contributed by atoms with Gasteiger partial charge in [0.05, 0.1) is 19.9 Å². The molecule has 0 unspecified atom stereocenters. The van der Waals surface area contributed by atoms with Crippen molar-refractivity contribution in [2.45, 2.75) is 13.8 Å². The van der Waals surface area contributed by atoms with Gasteiger partial charge in [-0.05, 0) is 49.2 Å². The van der Waals surface area contributed by atoms with E-state index in [2.05, 4.69) is 5.32 Å². The van der Waals surface area contributed by atoms with Crippen molar-refractivity contribution in [1.82, 2.24) is 5.32 Å². The van der Waals surface area contributed by atoms with E-state index >= 15 is 0 Å². The van der Waals surface area contributed by atoms with Gasteiger partial charge in [-0.15, -0.1) is 0 Å². The molecule has 0 saturated carbocycles. The monoisotopic (exact) mass is 380 g/mol. The Bertz CT molecular complexity index is 990. The maximum Gasteiger partial charge on any atom is 0.335 e. The second-order valence-corrected chi connectivity index (χ2v) is 6.39. The molecule has 144 valence electrons. The molecule has 2 aromatic rings. The molecule has 28 heavy (non-hydrogen) atoms. The highest BCUT2D eigenvalue weighted by Crippen LogP contribution is 2.33. The summed E-state index contributed by atoms with van der Waals surface area (Å²) in [6.45, 7) is 3.73. The van der Waals surface area contributed by atoms with Crippen molar-refractivity contribution in [2.75, 3.05) is 19.1 Å². The van der Waals surface area contributed by atoms with Gasteiger partial charge in [0.2, 0.25) is 0 Å². The summed E-state index contributed by atoms with van der Waals surface area (Å²) < 4.78 is 10.6. The number of hydrogen-bond acceptors (Lipinski definition) is 5. The van der Waals surface area contributed by atoms with Crippen molar-refractivity contribution in [3.63, 3.8) is 0 Å². The van der Waals surface area contributed by atoms with E-state index in [0.717, 1.165) is 16.0 Å². The van der Waals surface area contributed by atoms with Crippen molar-refractivity contribution in [3.8, 4) is 11.5 Å². The summed E-state index contributed by atoms with van der Waals surface area (Å²) in [5, 5.41) is 2.22. The van der Waals surface area contributed by atoms with Crippen LogP contribution in [0.5, 0.6) is 11.5 Å². The largest absolute Gasteiger partial charge is 0.493 e. The summed E-state index contributed by atoms with van der Waals surface area (Å²) >= 11 is 0. The van der Waals surface area contributed by atoms with Crippen LogP contribution in [0.15, 0.2) is 42.0 Å². The summed E-state index contributed by atoms with van der Waals surface area (Å²) in [5.74, 6) is -0.625. The number of amides is 4. The van der Waals surface area contributed by atoms with Crippen LogP contribution in [0.4, 0.5) is 10.5 Å². The van der Waals surface area contributed by atoms with Crippen LogP contribution in [0.25, 0.3) is 6.08 Å². The zero-order valence-electron chi connectivity index (χ0n) is 16.0. The molecule has 1 fully saturated rings. The Balaban J connectivity index is 2.09. The third kappa shape index (κ3) is 3.46. The normalized spacial score (nSPS) is 15.6. The first-order valence-electron chi connectivity index (χ1n) is 8.56. The maximum absolute atomic E-state index is 13.0. The minimum Gasteiger partial charge on any atom is -0.493 e. The number of anilines is 1. The van der Waals surface area contributed by atoms with Gasteiger partial charge in [-0.25, -0.2) is 9.69 Å².